The molecule has 1 amide bonds. The van der Waals surface area contributed by atoms with Crippen LogP contribution in [0.3, 0.4) is 0 Å². The van der Waals surface area contributed by atoms with Crippen LogP contribution in [0.25, 0.3) is 0 Å². The van der Waals surface area contributed by atoms with E-state index in [9.17, 15) is 4.79 Å². The van der Waals surface area contributed by atoms with Gasteiger partial charge in [0.15, 0.2) is 0 Å². The highest BCUT2D eigenvalue weighted by molar-refractivity contribution is 6.77. The Kier molecular flexibility index (Phi) is 9.32. The van der Waals surface area contributed by atoms with E-state index in [1.165, 1.54) is 18.5 Å². The molecule has 1 aromatic rings. The van der Waals surface area contributed by atoms with E-state index in [-0.39, 0.29) is 23.7 Å². The van der Waals surface area contributed by atoms with E-state index in [0.29, 0.717) is 6.61 Å². The van der Waals surface area contributed by atoms with Gasteiger partial charge in [0.05, 0.1) is 13.7 Å². The molecule has 1 aliphatic heterocycles. The lowest BCUT2D eigenvalue weighted by Crippen LogP contribution is -2.48. The maximum Gasteiger partial charge on any atom is 0.244 e. The van der Waals surface area contributed by atoms with Crippen molar-refractivity contribution in [3.8, 4) is 0 Å². The van der Waals surface area contributed by atoms with Crippen LogP contribution in [0.1, 0.15) is 58.1 Å². The number of ether oxygens (including phenoxy) is 1. The Morgan fingerprint density at radius 1 is 1.23 bits per heavy atom. The molecule has 168 valence electrons. The molecule has 1 fully saturated rings. The van der Waals surface area contributed by atoms with Crippen molar-refractivity contribution in [2.75, 3.05) is 13.2 Å². The highest BCUT2D eigenvalue weighted by atomic mass is 28.3. The van der Waals surface area contributed by atoms with Crippen LogP contribution < -0.4 is 5.32 Å². The Bertz CT molecular complexity index is 675. The molecule has 0 saturated carbocycles. The van der Waals surface area contributed by atoms with Crippen LogP contribution in [0.15, 0.2) is 43.0 Å². The van der Waals surface area contributed by atoms with Gasteiger partial charge in [-0.05, 0) is 38.3 Å². The number of hydrogen-bond donors (Lipinski definition) is 1. The summed E-state index contributed by atoms with van der Waals surface area (Å²) in [5.74, 6) is 0.154. The fraction of sp³-hybridized carbons (Fsp3) is 0.640. The van der Waals surface area contributed by atoms with Gasteiger partial charge in [-0.25, -0.2) is 0 Å². The number of nitrogens with one attached hydrogen (secondary N) is 1. The highest BCUT2D eigenvalue weighted by Gasteiger charge is 2.47. The van der Waals surface area contributed by atoms with Gasteiger partial charge in [-0.2, -0.15) is 0 Å². The maximum atomic E-state index is 13.3. The minimum absolute atomic E-state index is 0.154. The monoisotopic (exact) mass is 430 g/mol. The van der Waals surface area contributed by atoms with Crippen molar-refractivity contribution in [3.05, 3.63) is 48.6 Å². The van der Waals surface area contributed by atoms with Gasteiger partial charge in [0.2, 0.25) is 5.91 Å². The fourth-order valence-corrected chi connectivity index (χ4v) is 6.50. The second kappa shape index (κ2) is 11.3. The smallest absolute Gasteiger partial charge is 0.244 e. The highest BCUT2D eigenvalue weighted by Crippen LogP contribution is 2.32. The molecule has 1 saturated heterocycles. The van der Waals surface area contributed by atoms with Crippen LogP contribution in [0, 0.1) is 0 Å². The molecule has 0 radical (unpaired) electrons. The third kappa shape index (κ3) is 6.79. The van der Waals surface area contributed by atoms with Crippen molar-refractivity contribution in [1.29, 1.82) is 0 Å². The second-order valence-corrected chi connectivity index (χ2v) is 15.1. The molecule has 2 atom stereocenters. The molecule has 0 aliphatic carbocycles. The van der Waals surface area contributed by atoms with Gasteiger partial charge in [0.25, 0.3) is 0 Å². The molecule has 1 aliphatic rings. The van der Waals surface area contributed by atoms with Crippen molar-refractivity contribution >= 4 is 14.0 Å². The van der Waals surface area contributed by atoms with Gasteiger partial charge in [0, 0.05) is 13.2 Å². The number of benzene rings is 1. The Hall–Kier alpha value is -1.43. The maximum absolute atomic E-state index is 13.3. The minimum atomic E-state index is -1.17. The Morgan fingerprint density at radius 3 is 2.57 bits per heavy atom. The first-order valence-corrected chi connectivity index (χ1v) is 15.0. The topological polar surface area (TPSA) is 41.6 Å². The van der Waals surface area contributed by atoms with Crippen LogP contribution in [0.4, 0.5) is 0 Å². The van der Waals surface area contributed by atoms with Crippen LogP contribution in [-0.2, 0) is 9.53 Å². The van der Waals surface area contributed by atoms with Crippen molar-refractivity contribution in [3.63, 3.8) is 0 Å². The van der Waals surface area contributed by atoms with Gasteiger partial charge in [-0.1, -0.05) is 75.3 Å². The van der Waals surface area contributed by atoms with Gasteiger partial charge in [0.1, 0.15) is 12.1 Å². The molecule has 5 heteroatoms. The summed E-state index contributed by atoms with van der Waals surface area (Å²) in [5, 5.41) is 3.57. The average Bonchev–Trinajstić information content (AvgIpc) is 2.92. The first-order valence-electron chi connectivity index (χ1n) is 11.6. The number of allylic oxidation sites excluding steroid dienone is 1. The molecule has 2 rings (SSSR count). The van der Waals surface area contributed by atoms with Crippen molar-refractivity contribution < 1.29 is 9.53 Å². The van der Waals surface area contributed by atoms with Gasteiger partial charge >= 0.3 is 0 Å². The van der Waals surface area contributed by atoms with Gasteiger partial charge in [-0.15, -0.1) is 6.58 Å². The normalized spacial score (nSPS) is 19.8. The number of amides is 1. The molecular formula is C25H42N2O2Si. The predicted molar refractivity (Wildman–Crippen MR) is 129 cm³/mol. The van der Waals surface area contributed by atoms with Crippen molar-refractivity contribution in [1.82, 2.24) is 10.2 Å². The Labute approximate surface area is 185 Å². The predicted octanol–water partition coefficient (Wildman–Crippen LogP) is 5.76. The zero-order valence-electron chi connectivity index (χ0n) is 19.7. The fourth-order valence-electron chi connectivity index (χ4n) is 4.31. The van der Waals surface area contributed by atoms with Crippen LogP contribution >= 0.6 is 0 Å². The van der Waals surface area contributed by atoms with E-state index in [2.05, 4.69) is 64.0 Å². The van der Waals surface area contributed by atoms with Crippen LogP contribution in [-0.4, -0.2) is 43.7 Å². The zero-order chi connectivity index (χ0) is 22.2. The van der Waals surface area contributed by atoms with E-state index >= 15 is 0 Å². The lowest BCUT2D eigenvalue weighted by atomic mass is 10.0. The number of unbranched alkanes of at least 4 members (excludes halogenated alkanes) is 2. The number of carbonyl (C=O) groups excluding carboxylic acids is 1. The summed E-state index contributed by atoms with van der Waals surface area (Å²) < 4.78 is 6.39. The Balaban J connectivity index is 2.04. The standard InChI is InChI=1S/C25H42N2O2Si/c1-7-9-17-27-24(28)22(26-25(27,3)4)23(21-15-11-10-12-16-21)29-18-13-14-20-30(5,6)19-8-2/h8,10-12,15-16,22-23,26H,2,7,9,13-14,17-20H2,1,3-6H3/t22-,23?/m0/s1. The van der Waals surface area contributed by atoms with E-state index in [1.807, 2.05) is 23.1 Å². The zero-order valence-corrected chi connectivity index (χ0v) is 20.7. The Morgan fingerprint density at radius 2 is 1.93 bits per heavy atom. The minimum Gasteiger partial charge on any atom is -0.371 e. The average molecular weight is 431 g/mol. The number of nitrogens with zero attached hydrogens (tertiary/aromatic N) is 1. The van der Waals surface area contributed by atoms with Gasteiger partial charge < -0.3 is 9.64 Å². The lowest BCUT2D eigenvalue weighted by Gasteiger charge is -2.31. The molecule has 30 heavy (non-hydrogen) atoms. The molecule has 0 aromatic heterocycles. The van der Waals surface area contributed by atoms with Crippen molar-refractivity contribution in [2.24, 2.45) is 0 Å². The molecule has 4 nitrogen and oxygen atoms in total. The summed E-state index contributed by atoms with van der Waals surface area (Å²) in [4.78, 5) is 15.3. The number of hydrogen-bond acceptors (Lipinski definition) is 3. The third-order valence-electron chi connectivity index (χ3n) is 6.12. The first kappa shape index (κ1) is 24.8. The SMILES string of the molecule is C=CC[Si](C)(C)CCCCOC(c1ccccc1)[C@@H]1NC(C)(C)N(CCCC)C1=O. The quantitative estimate of drug-likeness (QED) is 0.246. The van der Waals surface area contributed by atoms with Crippen LogP contribution in [0.5, 0.6) is 0 Å². The molecule has 1 aromatic carbocycles. The number of carbonyl (C=O) groups is 1. The molecule has 1 unspecified atom stereocenters. The summed E-state index contributed by atoms with van der Waals surface area (Å²) in [6.45, 7) is 16.6. The molecule has 1 N–H and O–H groups in total. The molecule has 0 bridgehead atoms. The summed E-state index contributed by atoms with van der Waals surface area (Å²) >= 11 is 0. The van der Waals surface area contributed by atoms with Crippen LogP contribution in [0.2, 0.25) is 25.2 Å². The molecule has 0 spiro atoms. The van der Waals surface area contributed by atoms with E-state index in [0.717, 1.165) is 31.4 Å². The summed E-state index contributed by atoms with van der Waals surface area (Å²) in [6.07, 6.45) is 6.11. The summed E-state index contributed by atoms with van der Waals surface area (Å²) in [5.41, 5.74) is 0.714. The third-order valence-corrected chi connectivity index (χ3v) is 9.22. The largest absolute Gasteiger partial charge is 0.371 e. The molecule has 1 heterocycles. The summed E-state index contributed by atoms with van der Waals surface area (Å²) in [7, 11) is -1.17. The van der Waals surface area contributed by atoms with Gasteiger partial charge in [-0.3, -0.25) is 10.1 Å². The number of rotatable bonds is 13. The first-order chi connectivity index (χ1) is 14.2. The second-order valence-electron chi connectivity index (χ2n) is 9.84. The molecular weight excluding hydrogens is 388 g/mol. The lowest BCUT2D eigenvalue weighted by molar-refractivity contribution is -0.134. The summed E-state index contributed by atoms with van der Waals surface area (Å²) in [6, 6.07) is 12.3. The van der Waals surface area contributed by atoms with Crippen molar-refractivity contribution in [2.45, 2.75) is 89.4 Å². The van der Waals surface area contributed by atoms with E-state index in [4.69, 9.17) is 4.74 Å². The van der Waals surface area contributed by atoms with E-state index < -0.39 is 8.07 Å². The van der Waals surface area contributed by atoms with E-state index in [1.54, 1.807) is 0 Å².